The maximum absolute atomic E-state index is 11.4. The van der Waals surface area contributed by atoms with Gasteiger partial charge in [0.05, 0.1) is 30.2 Å². The second kappa shape index (κ2) is 4.94. The van der Waals surface area contributed by atoms with Crippen molar-refractivity contribution in [1.82, 2.24) is 0 Å². The molecule has 1 aromatic carbocycles. The number of nitriles is 1. The lowest BCUT2D eigenvalue weighted by Crippen LogP contribution is -2.52. The Bertz CT molecular complexity index is 509. The van der Waals surface area contributed by atoms with Gasteiger partial charge in [0, 0.05) is 6.54 Å². The van der Waals surface area contributed by atoms with Gasteiger partial charge in [-0.15, -0.1) is 0 Å². The van der Waals surface area contributed by atoms with Gasteiger partial charge in [-0.25, -0.2) is 0 Å². The van der Waals surface area contributed by atoms with Crippen molar-refractivity contribution in [3.63, 3.8) is 0 Å². The highest BCUT2D eigenvalue weighted by Gasteiger charge is 2.29. The fraction of sp³-hybridized carbons (Fsp3) is 0.333. The van der Waals surface area contributed by atoms with Gasteiger partial charge < -0.3 is 21.1 Å². The summed E-state index contributed by atoms with van der Waals surface area (Å²) in [6, 6.07) is 6.62. The van der Waals surface area contributed by atoms with Crippen LogP contribution in [0.25, 0.3) is 0 Å². The number of hydrogen-bond acceptors (Lipinski definition) is 5. The Morgan fingerprint density at radius 3 is 3.00 bits per heavy atom. The summed E-state index contributed by atoms with van der Waals surface area (Å²) < 4.78 is 5.24. The van der Waals surface area contributed by atoms with Crippen LogP contribution >= 0.6 is 0 Å². The molecule has 6 heteroatoms. The molecule has 0 bridgehead atoms. The van der Waals surface area contributed by atoms with Crippen LogP contribution < -0.4 is 16.4 Å². The number of morpholine rings is 1. The SMILES string of the molecule is N#Cc1cccc(N2CCOCC2C(N)=O)c1N. The number of benzene rings is 1. The van der Waals surface area contributed by atoms with Gasteiger partial charge in [-0.2, -0.15) is 5.26 Å². The molecule has 18 heavy (non-hydrogen) atoms. The van der Waals surface area contributed by atoms with Gasteiger partial charge in [0.2, 0.25) is 5.91 Å². The quantitative estimate of drug-likeness (QED) is 0.705. The first-order valence-electron chi connectivity index (χ1n) is 5.57. The number of nitrogens with zero attached hydrogens (tertiary/aromatic N) is 2. The van der Waals surface area contributed by atoms with E-state index in [1.165, 1.54) is 0 Å². The number of amides is 1. The van der Waals surface area contributed by atoms with Gasteiger partial charge >= 0.3 is 0 Å². The van der Waals surface area contributed by atoms with Crippen LogP contribution in [0.3, 0.4) is 0 Å². The first-order valence-corrected chi connectivity index (χ1v) is 5.57. The average Bonchev–Trinajstić information content (AvgIpc) is 2.39. The predicted molar refractivity (Wildman–Crippen MR) is 66.7 cm³/mol. The van der Waals surface area contributed by atoms with E-state index in [2.05, 4.69) is 0 Å². The fourth-order valence-corrected chi connectivity index (χ4v) is 2.03. The van der Waals surface area contributed by atoms with E-state index < -0.39 is 11.9 Å². The van der Waals surface area contributed by atoms with E-state index >= 15 is 0 Å². The molecule has 2 rings (SSSR count). The number of carbonyl (C=O) groups excluding carboxylic acids is 1. The molecule has 1 amide bonds. The summed E-state index contributed by atoms with van der Waals surface area (Å²) in [4.78, 5) is 13.2. The van der Waals surface area contributed by atoms with Crippen molar-refractivity contribution in [1.29, 1.82) is 5.26 Å². The lowest BCUT2D eigenvalue weighted by atomic mass is 10.1. The normalized spacial score (nSPS) is 19.3. The molecular weight excluding hydrogens is 232 g/mol. The van der Waals surface area contributed by atoms with Crippen LogP contribution in [0.1, 0.15) is 5.56 Å². The summed E-state index contributed by atoms with van der Waals surface area (Å²) in [5.41, 5.74) is 12.7. The molecule has 0 saturated carbocycles. The van der Waals surface area contributed by atoms with E-state index in [9.17, 15) is 4.79 Å². The number of nitrogen functional groups attached to an aromatic ring is 1. The number of anilines is 2. The Balaban J connectivity index is 2.40. The van der Waals surface area contributed by atoms with Gasteiger partial charge in [0.1, 0.15) is 12.1 Å². The van der Waals surface area contributed by atoms with E-state index in [1.54, 1.807) is 23.1 Å². The van der Waals surface area contributed by atoms with Crippen LogP contribution in [0.15, 0.2) is 18.2 Å². The van der Waals surface area contributed by atoms with Crippen molar-refractivity contribution >= 4 is 17.3 Å². The number of hydrogen-bond donors (Lipinski definition) is 2. The minimum Gasteiger partial charge on any atom is -0.396 e. The third-order valence-corrected chi connectivity index (χ3v) is 2.97. The van der Waals surface area contributed by atoms with Gasteiger partial charge in [-0.3, -0.25) is 4.79 Å². The Kier molecular flexibility index (Phi) is 3.35. The maximum Gasteiger partial charge on any atom is 0.242 e. The lowest BCUT2D eigenvalue weighted by molar-refractivity contribution is -0.121. The zero-order valence-electron chi connectivity index (χ0n) is 9.80. The van der Waals surface area contributed by atoms with Gasteiger partial charge in [-0.05, 0) is 12.1 Å². The second-order valence-electron chi connectivity index (χ2n) is 4.04. The van der Waals surface area contributed by atoms with Crippen LogP contribution in [0.4, 0.5) is 11.4 Å². The van der Waals surface area contributed by atoms with Gasteiger partial charge in [-0.1, -0.05) is 6.07 Å². The van der Waals surface area contributed by atoms with Crippen molar-refractivity contribution in [3.8, 4) is 6.07 Å². The highest BCUT2D eigenvalue weighted by molar-refractivity contribution is 5.86. The van der Waals surface area contributed by atoms with Gasteiger partial charge in [0.15, 0.2) is 0 Å². The number of rotatable bonds is 2. The van der Waals surface area contributed by atoms with Gasteiger partial charge in [0.25, 0.3) is 0 Å². The Morgan fingerprint density at radius 2 is 2.33 bits per heavy atom. The number of nitrogens with two attached hydrogens (primary N) is 2. The minimum absolute atomic E-state index is 0.242. The molecule has 1 saturated heterocycles. The summed E-state index contributed by atoms with van der Waals surface area (Å²) in [5.74, 6) is -0.462. The Hall–Kier alpha value is -2.26. The van der Waals surface area contributed by atoms with Crippen LogP contribution in [-0.2, 0) is 9.53 Å². The summed E-state index contributed by atoms with van der Waals surface area (Å²) >= 11 is 0. The van der Waals surface area contributed by atoms with E-state index in [0.717, 1.165) is 0 Å². The molecule has 94 valence electrons. The first-order chi connectivity index (χ1) is 8.65. The third kappa shape index (κ3) is 2.08. The van der Waals surface area contributed by atoms with Crippen molar-refractivity contribution in [2.45, 2.75) is 6.04 Å². The molecular formula is C12H14N4O2. The van der Waals surface area contributed by atoms with Crippen molar-refractivity contribution in [2.24, 2.45) is 5.73 Å². The predicted octanol–water partition coefficient (Wildman–Crippen LogP) is -0.169. The molecule has 0 aliphatic carbocycles. The van der Waals surface area contributed by atoms with Crippen molar-refractivity contribution in [3.05, 3.63) is 23.8 Å². The number of ether oxygens (including phenoxy) is 1. The molecule has 0 aromatic heterocycles. The molecule has 1 aliphatic heterocycles. The van der Waals surface area contributed by atoms with Crippen molar-refractivity contribution in [2.75, 3.05) is 30.4 Å². The van der Waals surface area contributed by atoms with Crippen LogP contribution in [0.2, 0.25) is 0 Å². The molecule has 1 atom stereocenters. The Morgan fingerprint density at radius 1 is 1.56 bits per heavy atom. The fourth-order valence-electron chi connectivity index (χ4n) is 2.03. The Labute approximate surface area is 105 Å². The number of para-hydroxylation sites is 1. The highest BCUT2D eigenvalue weighted by atomic mass is 16.5. The summed E-state index contributed by atoms with van der Waals surface area (Å²) in [6.07, 6.45) is 0. The standard InChI is InChI=1S/C12H14N4O2/c13-6-8-2-1-3-9(11(8)14)16-4-5-18-7-10(16)12(15)17/h1-3,10H,4-5,7,14H2,(H2,15,17). The van der Waals surface area contributed by atoms with E-state index in [-0.39, 0.29) is 6.61 Å². The zero-order valence-corrected chi connectivity index (χ0v) is 9.80. The maximum atomic E-state index is 11.4. The van der Waals surface area contributed by atoms with Crippen LogP contribution in [0, 0.1) is 11.3 Å². The zero-order chi connectivity index (χ0) is 13.1. The first kappa shape index (κ1) is 12.2. The highest BCUT2D eigenvalue weighted by Crippen LogP contribution is 2.28. The second-order valence-corrected chi connectivity index (χ2v) is 4.04. The molecule has 0 radical (unpaired) electrons. The average molecular weight is 246 g/mol. The largest absolute Gasteiger partial charge is 0.396 e. The molecule has 1 heterocycles. The van der Waals surface area contributed by atoms with E-state index in [1.807, 2.05) is 6.07 Å². The third-order valence-electron chi connectivity index (χ3n) is 2.97. The minimum atomic E-state index is -0.546. The summed E-state index contributed by atoms with van der Waals surface area (Å²) in [5, 5.41) is 8.95. The number of primary amides is 1. The van der Waals surface area contributed by atoms with Crippen LogP contribution in [0.5, 0.6) is 0 Å². The summed E-state index contributed by atoms with van der Waals surface area (Å²) in [6.45, 7) is 1.26. The molecule has 0 spiro atoms. The molecule has 1 aliphatic rings. The topological polar surface area (TPSA) is 105 Å². The van der Waals surface area contributed by atoms with E-state index in [0.29, 0.717) is 30.1 Å². The molecule has 6 nitrogen and oxygen atoms in total. The number of carbonyl (C=O) groups is 1. The smallest absolute Gasteiger partial charge is 0.242 e. The molecule has 1 unspecified atom stereocenters. The van der Waals surface area contributed by atoms with E-state index in [4.69, 9.17) is 21.5 Å². The lowest BCUT2D eigenvalue weighted by Gasteiger charge is -2.36. The van der Waals surface area contributed by atoms with Crippen molar-refractivity contribution < 1.29 is 9.53 Å². The molecule has 4 N–H and O–H groups in total. The monoisotopic (exact) mass is 246 g/mol. The summed E-state index contributed by atoms with van der Waals surface area (Å²) in [7, 11) is 0. The molecule has 1 fully saturated rings. The molecule has 1 aromatic rings. The van der Waals surface area contributed by atoms with Crippen LogP contribution in [-0.4, -0.2) is 31.7 Å².